The Hall–Kier alpha value is -2.60. The molecule has 0 saturated carbocycles. The Labute approximate surface area is 131 Å². The van der Waals surface area contributed by atoms with E-state index < -0.39 is 0 Å². The zero-order chi connectivity index (χ0) is 15.7. The van der Waals surface area contributed by atoms with E-state index in [1.54, 1.807) is 30.5 Å². The zero-order valence-corrected chi connectivity index (χ0v) is 12.6. The summed E-state index contributed by atoms with van der Waals surface area (Å²) in [4.78, 5) is 19.8. The monoisotopic (exact) mass is 317 g/mol. The number of hydrogen-bond acceptors (Lipinski definition) is 5. The van der Waals surface area contributed by atoms with Gasteiger partial charge in [-0.15, -0.1) is 0 Å². The van der Waals surface area contributed by atoms with Gasteiger partial charge >= 0.3 is 0 Å². The van der Waals surface area contributed by atoms with Crippen molar-refractivity contribution < 1.29 is 13.9 Å². The molecule has 1 amide bonds. The maximum absolute atomic E-state index is 11.3. The molecule has 0 aliphatic heterocycles. The Morgan fingerprint density at radius 3 is 2.91 bits per heavy atom. The van der Waals surface area contributed by atoms with Gasteiger partial charge in [-0.05, 0) is 24.3 Å². The first kappa shape index (κ1) is 14.3. The molecule has 112 valence electrons. The molecule has 1 aromatic carbocycles. The average Bonchev–Trinajstić information content (AvgIpc) is 2.90. The highest BCUT2D eigenvalue weighted by atomic mass is 35.5. The van der Waals surface area contributed by atoms with Gasteiger partial charge in [-0.2, -0.15) is 4.98 Å². The molecular weight excluding hydrogens is 306 g/mol. The molecule has 0 aliphatic carbocycles. The lowest BCUT2D eigenvalue weighted by Gasteiger charge is -2.11. The second-order valence-corrected chi connectivity index (χ2v) is 4.97. The van der Waals surface area contributed by atoms with Crippen molar-refractivity contribution in [2.24, 2.45) is 0 Å². The van der Waals surface area contributed by atoms with Crippen molar-refractivity contribution in [3.8, 4) is 17.2 Å². The zero-order valence-electron chi connectivity index (χ0n) is 11.9. The van der Waals surface area contributed by atoms with Crippen molar-refractivity contribution in [2.45, 2.75) is 6.92 Å². The summed E-state index contributed by atoms with van der Waals surface area (Å²) in [5.41, 5.74) is 2.15. The number of nitrogens with one attached hydrogen (secondary N) is 1. The molecule has 0 fully saturated rings. The number of anilines is 1. The first-order chi connectivity index (χ1) is 10.6. The number of nitrogens with zero attached hydrogens (tertiary/aromatic N) is 2. The molecule has 6 nitrogen and oxygen atoms in total. The van der Waals surface area contributed by atoms with Gasteiger partial charge in [0.05, 0.1) is 17.8 Å². The van der Waals surface area contributed by atoms with Crippen molar-refractivity contribution in [1.82, 2.24) is 9.97 Å². The van der Waals surface area contributed by atoms with Crippen LogP contribution >= 0.6 is 11.6 Å². The first-order valence-corrected chi connectivity index (χ1v) is 6.83. The smallest absolute Gasteiger partial charge is 0.229 e. The fourth-order valence-corrected chi connectivity index (χ4v) is 2.40. The summed E-state index contributed by atoms with van der Waals surface area (Å²) in [5, 5.41) is 3.02. The highest BCUT2D eigenvalue weighted by molar-refractivity contribution is 6.33. The van der Waals surface area contributed by atoms with Crippen LogP contribution in [0.15, 0.2) is 34.9 Å². The fourth-order valence-electron chi connectivity index (χ4n) is 2.10. The van der Waals surface area contributed by atoms with Crippen LogP contribution in [0.25, 0.3) is 22.7 Å². The summed E-state index contributed by atoms with van der Waals surface area (Å²) < 4.78 is 10.9. The van der Waals surface area contributed by atoms with E-state index in [1.165, 1.54) is 14.0 Å². The average molecular weight is 318 g/mol. The molecule has 2 aromatic heterocycles. The highest BCUT2D eigenvalue weighted by Gasteiger charge is 2.16. The number of benzene rings is 1. The van der Waals surface area contributed by atoms with E-state index in [9.17, 15) is 4.79 Å². The van der Waals surface area contributed by atoms with Crippen molar-refractivity contribution in [2.75, 3.05) is 12.4 Å². The number of carbonyl (C=O) groups excluding carboxylic acids is 1. The summed E-state index contributed by atoms with van der Waals surface area (Å²) >= 11 is 6.21. The van der Waals surface area contributed by atoms with Crippen molar-refractivity contribution in [3.05, 3.63) is 35.5 Å². The third-order valence-corrected chi connectivity index (χ3v) is 3.25. The molecule has 0 unspecified atom stereocenters. The molecular formula is C15H12ClN3O3. The Morgan fingerprint density at radius 1 is 1.41 bits per heavy atom. The molecule has 0 spiro atoms. The highest BCUT2D eigenvalue weighted by Crippen LogP contribution is 2.38. The molecule has 0 atom stereocenters. The number of fused-ring (bicyclic) bond motifs is 1. The number of methoxy groups -OCH3 is 1. The van der Waals surface area contributed by atoms with Crippen molar-refractivity contribution >= 4 is 34.4 Å². The maximum Gasteiger partial charge on any atom is 0.229 e. The fraction of sp³-hybridized carbons (Fsp3) is 0.133. The van der Waals surface area contributed by atoms with Gasteiger partial charge in [0.1, 0.15) is 0 Å². The van der Waals surface area contributed by atoms with Crippen LogP contribution in [0.1, 0.15) is 6.92 Å². The van der Waals surface area contributed by atoms with Crippen LogP contribution in [0.3, 0.4) is 0 Å². The molecule has 0 radical (unpaired) electrons. The Bertz CT molecular complexity index is 827. The topological polar surface area (TPSA) is 77.2 Å². The van der Waals surface area contributed by atoms with Gasteiger partial charge in [0.2, 0.25) is 11.8 Å². The van der Waals surface area contributed by atoms with Gasteiger partial charge in [0, 0.05) is 18.7 Å². The SMILES string of the molecule is COc1c(Cl)cc(-c2nc3ncccc3o2)cc1NC(C)=O. The van der Waals surface area contributed by atoms with Crippen LogP contribution in [0.5, 0.6) is 5.75 Å². The molecule has 1 N–H and O–H groups in total. The van der Waals surface area contributed by atoms with Gasteiger partial charge < -0.3 is 14.5 Å². The van der Waals surface area contributed by atoms with Gasteiger partial charge in [-0.1, -0.05) is 11.6 Å². The lowest BCUT2D eigenvalue weighted by Crippen LogP contribution is -2.07. The van der Waals surface area contributed by atoms with Gasteiger partial charge in [-0.3, -0.25) is 4.79 Å². The third-order valence-electron chi connectivity index (χ3n) is 2.97. The second kappa shape index (κ2) is 5.65. The van der Waals surface area contributed by atoms with E-state index in [0.717, 1.165) is 0 Å². The second-order valence-electron chi connectivity index (χ2n) is 4.56. The predicted molar refractivity (Wildman–Crippen MR) is 83.1 cm³/mol. The Morgan fingerprint density at radius 2 is 2.23 bits per heavy atom. The molecule has 0 bridgehead atoms. The lowest BCUT2D eigenvalue weighted by molar-refractivity contribution is -0.114. The normalized spacial score (nSPS) is 10.7. The number of ether oxygens (including phenoxy) is 1. The number of pyridine rings is 1. The summed E-state index contributed by atoms with van der Waals surface area (Å²) in [5.74, 6) is 0.519. The molecule has 22 heavy (non-hydrogen) atoms. The third kappa shape index (κ3) is 2.60. The van der Waals surface area contributed by atoms with E-state index >= 15 is 0 Å². The molecule has 7 heteroatoms. The molecule has 3 rings (SSSR count). The summed E-state index contributed by atoms with van der Waals surface area (Å²) in [7, 11) is 1.48. The first-order valence-electron chi connectivity index (χ1n) is 6.45. The minimum atomic E-state index is -0.231. The summed E-state index contributed by atoms with van der Waals surface area (Å²) in [6.45, 7) is 1.41. The van der Waals surface area contributed by atoms with Crippen LogP contribution in [-0.4, -0.2) is 23.0 Å². The predicted octanol–water partition coefficient (Wildman–Crippen LogP) is 3.51. The standard InChI is InChI=1S/C15H12ClN3O3/c1-8(20)18-11-7-9(6-10(16)13(11)21-2)15-19-14-12(22-15)4-3-5-17-14/h3-7H,1-2H3,(H,18,20). The van der Waals surface area contributed by atoms with E-state index in [-0.39, 0.29) is 5.91 Å². The Balaban J connectivity index is 2.13. The van der Waals surface area contributed by atoms with Crippen LogP contribution in [0.2, 0.25) is 5.02 Å². The van der Waals surface area contributed by atoms with Crippen LogP contribution in [0, 0.1) is 0 Å². The molecule has 3 aromatic rings. The Kier molecular flexibility index (Phi) is 3.68. The number of hydrogen-bond donors (Lipinski definition) is 1. The largest absolute Gasteiger partial charge is 0.493 e. The van der Waals surface area contributed by atoms with Gasteiger partial charge in [-0.25, -0.2) is 4.98 Å². The minimum absolute atomic E-state index is 0.231. The molecule has 0 aliphatic rings. The van der Waals surface area contributed by atoms with E-state index in [2.05, 4.69) is 15.3 Å². The molecule has 0 saturated heterocycles. The van der Waals surface area contributed by atoms with Crippen LogP contribution in [-0.2, 0) is 4.79 Å². The minimum Gasteiger partial charge on any atom is -0.493 e. The number of rotatable bonds is 3. The quantitative estimate of drug-likeness (QED) is 0.799. The van der Waals surface area contributed by atoms with Crippen molar-refractivity contribution in [3.63, 3.8) is 0 Å². The van der Waals surface area contributed by atoms with Crippen molar-refractivity contribution in [1.29, 1.82) is 0 Å². The molecule has 2 heterocycles. The van der Waals surface area contributed by atoms with Gasteiger partial charge in [0.15, 0.2) is 17.0 Å². The number of oxazole rings is 1. The summed E-state index contributed by atoms with van der Waals surface area (Å²) in [6.07, 6.45) is 1.64. The van der Waals surface area contributed by atoms with Crippen LogP contribution in [0.4, 0.5) is 5.69 Å². The lowest BCUT2D eigenvalue weighted by atomic mass is 10.1. The number of aromatic nitrogens is 2. The summed E-state index contributed by atoms with van der Waals surface area (Å²) in [6, 6.07) is 6.90. The maximum atomic E-state index is 11.3. The number of halogens is 1. The van der Waals surface area contributed by atoms with E-state index in [0.29, 0.717) is 39.1 Å². The van der Waals surface area contributed by atoms with E-state index in [1.807, 2.05) is 0 Å². The number of carbonyl (C=O) groups is 1. The van der Waals surface area contributed by atoms with E-state index in [4.69, 9.17) is 20.8 Å². The van der Waals surface area contributed by atoms with Crippen LogP contribution < -0.4 is 10.1 Å². The van der Waals surface area contributed by atoms with Gasteiger partial charge in [0.25, 0.3) is 0 Å². The number of amides is 1.